The van der Waals surface area contributed by atoms with Gasteiger partial charge in [0.2, 0.25) is 35.4 Å². The van der Waals surface area contributed by atoms with E-state index >= 15 is 0 Å². The maximum absolute atomic E-state index is 14.9. The van der Waals surface area contributed by atoms with Crippen molar-refractivity contribution in [1.82, 2.24) is 31.5 Å². The molecule has 3 aromatic rings. The number of aliphatic carboxylic acids is 1. The molecule has 17 nitrogen and oxygen atoms in total. The molecule has 1 aliphatic heterocycles. The number of carbonyl (C=O) groups is 7. The quantitative estimate of drug-likeness (QED) is 0.0612. The molecule has 2 heterocycles. The Morgan fingerprint density at radius 1 is 0.764 bits per heavy atom. The lowest BCUT2D eigenvalue weighted by molar-refractivity contribution is -0.149. The van der Waals surface area contributed by atoms with Crippen LogP contribution in [0.2, 0.25) is 0 Å². The Morgan fingerprint density at radius 3 is 1.94 bits per heavy atom. The number of amides is 6. The molecule has 4 bridgehead atoms. The molecule has 6 amide bonds. The van der Waals surface area contributed by atoms with Crippen molar-refractivity contribution in [2.45, 2.75) is 172 Å². The van der Waals surface area contributed by atoms with Gasteiger partial charge in [-0.1, -0.05) is 55.8 Å². The number of benzene rings is 2. The first kappa shape index (κ1) is 54.4. The van der Waals surface area contributed by atoms with Gasteiger partial charge in [0.15, 0.2) is 0 Å². The van der Waals surface area contributed by atoms with Crippen molar-refractivity contribution < 1.29 is 51.6 Å². The maximum atomic E-state index is 14.9. The zero-order valence-electron chi connectivity index (χ0n) is 42.1. The number of carboxylic acids is 1. The maximum Gasteiger partial charge on any atom is 0.303 e. The molecule has 0 unspecified atom stereocenters. The number of hydrogen-bond acceptors (Lipinski definition) is 10. The van der Waals surface area contributed by atoms with Crippen LogP contribution in [0.25, 0.3) is 10.1 Å². The van der Waals surface area contributed by atoms with E-state index in [4.69, 9.17) is 0 Å². The fourth-order valence-corrected chi connectivity index (χ4v) is 13.7. The minimum atomic E-state index is -4.29. The summed E-state index contributed by atoms with van der Waals surface area (Å²) in [5.41, 5.74) is -0.961. The van der Waals surface area contributed by atoms with Gasteiger partial charge in [-0.15, -0.1) is 11.3 Å². The second-order valence-electron chi connectivity index (χ2n) is 22.3. The monoisotopic (exact) mass is 1030 g/mol. The van der Waals surface area contributed by atoms with Crippen LogP contribution in [0.1, 0.15) is 135 Å². The smallest absolute Gasteiger partial charge is 0.303 e. The van der Waals surface area contributed by atoms with Crippen molar-refractivity contribution in [3.63, 3.8) is 0 Å². The summed E-state index contributed by atoms with van der Waals surface area (Å²) in [7, 11) is -4.29. The number of nitrogens with zero attached hydrogens (tertiary/aromatic N) is 1. The summed E-state index contributed by atoms with van der Waals surface area (Å²) in [6, 6.07) is 9.51. The molecule has 4 saturated carbocycles. The van der Waals surface area contributed by atoms with Gasteiger partial charge in [0.05, 0.1) is 0 Å². The summed E-state index contributed by atoms with van der Waals surface area (Å²) in [5, 5.41) is 26.9. The van der Waals surface area contributed by atoms with Crippen molar-refractivity contribution in [1.29, 1.82) is 0 Å². The fraction of sp³-hybridized carbons (Fsp3) is 0.604. The molecular weight excluding hydrogens is 961 g/mol. The zero-order chi connectivity index (χ0) is 52.2. The normalized spacial score (nSPS) is 24.2. The second kappa shape index (κ2) is 22.4. The summed E-state index contributed by atoms with van der Waals surface area (Å²) in [4.78, 5) is 99.8. The second-order valence-corrected chi connectivity index (χ2v) is 24.6. The highest BCUT2D eigenvalue weighted by Crippen LogP contribution is 2.60. The summed E-state index contributed by atoms with van der Waals surface area (Å²) in [5.74, 6) is -3.24. The molecule has 19 heteroatoms. The van der Waals surface area contributed by atoms with Gasteiger partial charge in [0.1, 0.15) is 35.5 Å². The number of thiophene rings is 1. The molecule has 4 aliphatic carbocycles. The van der Waals surface area contributed by atoms with Crippen LogP contribution < -0.4 is 26.6 Å². The molecule has 1 aromatic heterocycles. The number of carbonyl (C=O) groups excluding carboxylic acids is 6. The average molecular weight is 1030 g/mol. The number of carboxylic acid groups (broad SMARTS) is 1. The lowest BCUT2D eigenvalue weighted by atomic mass is 9.49. The minimum absolute atomic E-state index is 0.0304. The van der Waals surface area contributed by atoms with Gasteiger partial charge in [-0.3, -0.25) is 38.1 Å². The van der Waals surface area contributed by atoms with E-state index in [1.54, 1.807) is 52.0 Å². The van der Waals surface area contributed by atoms with Crippen LogP contribution >= 0.6 is 11.3 Å². The van der Waals surface area contributed by atoms with E-state index in [1.807, 2.05) is 36.6 Å². The van der Waals surface area contributed by atoms with Crippen molar-refractivity contribution in [2.75, 3.05) is 6.54 Å². The molecule has 72 heavy (non-hydrogen) atoms. The summed E-state index contributed by atoms with van der Waals surface area (Å²) < 4.78 is 33.6. The third-order valence-electron chi connectivity index (χ3n) is 15.2. The predicted octanol–water partition coefficient (Wildman–Crippen LogP) is 5.58. The van der Waals surface area contributed by atoms with E-state index in [-0.39, 0.29) is 57.4 Å². The summed E-state index contributed by atoms with van der Waals surface area (Å²) in [6.45, 7) is 9.06. The first-order valence-electron chi connectivity index (χ1n) is 25.5. The van der Waals surface area contributed by atoms with E-state index in [0.29, 0.717) is 41.7 Å². The van der Waals surface area contributed by atoms with Crippen molar-refractivity contribution >= 4 is 73.0 Å². The van der Waals surface area contributed by atoms with E-state index in [2.05, 4.69) is 26.6 Å². The average Bonchev–Trinajstić information content (AvgIpc) is 3.90. The van der Waals surface area contributed by atoms with Crippen LogP contribution in [0.15, 0.2) is 53.9 Å². The van der Waals surface area contributed by atoms with Crippen LogP contribution in [0.5, 0.6) is 0 Å². The van der Waals surface area contributed by atoms with Crippen LogP contribution in [-0.4, -0.2) is 106 Å². The highest BCUT2D eigenvalue weighted by molar-refractivity contribution is 7.85. The van der Waals surface area contributed by atoms with Gasteiger partial charge in [0.25, 0.3) is 10.1 Å². The predicted molar refractivity (Wildman–Crippen MR) is 273 cm³/mol. The molecule has 5 aliphatic rings. The fourth-order valence-electron chi connectivity index (χ4n) is 12.1. The number of fused-ring (bicyclic) bond motifs is 1. The van der Waals surface area contributed by atoms with Crippen LogP contribution in [0, 0.1) is 23.2 Å². The highest BCUT2D eigenvalue weighted by atomic mass is 32.2. The Kier molecular flexibility index (Phi) is 16.9. The molecule has 7 N–H and O–H groups in total. The molecule has 0 radical (unpaired) electrons. The number of likely N-dealkylation sites (tertiary alicyclic amines) is 1. The van der Waals surface area contributed by atoms with E-state index in [9.17, 15) is 51.6 Å². The minimum Gasteiger partial charge on any atom is -0.481 e. The SMILES string of the molecule is CCC[C@H](NC(=O)[C@H](Cc1ccc(CS(=O)(=O)O)cc1)NC(=O)C12CC3CC(CC(C3)C1)C2)C(=O)N1CCC[C@@]1(C)C(=O)N[C@@H](Cc1csc2ccccc12)C(=O)N[C@@H](CCCC(=O)O)C(=O)NC(C)(C)C. The number of hydrogen-bond donors (Lipinski definition) is 7. The highest BCUT2D eigenvalue weighted by Gasteiger charge is 2.55. The lowest BCUT2D eigenvalue weighted by Crippen LogP contribution is -2.64. The summed E-state index contributed by atoms with van der Waals surface area (Å²) >= 11 is 1.48. The Labute approximate surface area is 426 Å². The summed E-state index contributed by atoms with van der Waals surface area (Å²) in [6.07, 6.45) is 7.05. The standard InChI is InChI=1S/C53H72N6O11S2/c1-6-11-40(55-45(62)41(25-32-16-18-33(19-17-32)31-72(68,69)70)57-50(67)53-27-34-22-35(28-53)24-36(23-34)29-53)48(65)59-21-10-20-52(59,5)49(66)56-42(26-37-30-71-43-14-8-7-12-38(37)43)46(63)54-39(13-9-15-44(60)61)47(64)58-51(2,3)4/h7-8,12,14,16-19,30,34-36,39-42H,6,9-11,13,15,20-29,31H2,1-5H3,(H,54,63)(H,55,62)(H,56,66)(H,57,67)(H,58,64)(H,60,61)(H,68,69,70)/t34?,35?,36?,39-,40-,41-,42-,52-,53?/m0/s1. The molecule has 0 spiro atoms. The molecule has 5 atom stereocenters. The third-order valence-corrected chi connectivity index (χ3v) is 16.9. The van der Waals surface area contributed by atoms with Crippen molar-refractivity contribution in [3.05, 3.63) is 70.6 Å². The van der Waals surface area contributed by atoms with Gasteiger partial charge >= 0.3 is 5.97 Å². The Hall–Kier alpha value is -5.40. The van der Waals surface area contributed by atoms with Crippen molar-refractivity contribution in [3.8, 4) is 0 Å². The third kappa shape index (κ3) is 13.4. The molecule has 392 valence electrons. The number of rotatable bonds is 22. The van der Waals surface area contributed by atoms with E-state index in [0.717, 1.165) is 54.2 Å². The largest absolute Gasteiger partial charge is 0.481 e. The molecule has 2 aromatic carbocycles. The first-order chi connectivity index (χ1) is 33.9. The Morgan fingerprint density at radius 2 is 1.35 bits per heavy atom. The first-order valence-corrected chi connectivity index (χ1v) is 28.0. The van der Waals surface area contributed by atoms with Gasteiger partial charge in [-0.25, -0.2) is 0 Å². The van der Waals surface area contributed by atoms with Gasteiger partial charge in [-0.05, 0) is 150 Å². The Balaban J connectivity index is 1.11. The van der Waals surface area contributed by atoms with Gasteiger partial charge in [0, 0.05) is 41.5 Å². The lowest BCUT2D eigenvalue weighted by Gasteiger charge is -2.55. The molecule has 8 rings (SSSR count). The van der Waals surface area contributed by atoms with E-state index in [1.165, 1.54) is 16.2 Å². The molecule has 1 saturated heterocycles. The zero-order valence-corrected chi connectivity index (χ0v) is 43.7. The number of nitrogens with one attached hydrogen (secondary N) is 5. The van der Waals surface area contributed by atoms with Gasteiger partial charge in [-0.2, -0.15) is 8.42 Å². The van der Waals surface area contributed by atoms with Crippen molar-refractivity contribution in [2.24, 2.45) is 23.2 Å². The van der Waals surface area contributed by atoms with Gasteiger partial charge < -0.3 is 36.6 Å². The van der Waals surface area contributed by atoms with Crippen LogP contribution in [0.3, 0.4) is 0 Å². The van der Waals surface area contributed by atoms with Crippen LogP contribution in [0.4, 0.5) is 0 Å². The molecular formula is C53H72N6O11S2. The Bertz CT molecular complexity index is 2590. The van der Waals surface area contributed by atoms with E-state index < -0.39 is 92.0 Å². The molecule has 5 fully saturated rings. The van der Waals surface area contributed by atoms with Crippen LogP contribution in [-0.2, 0) is 62.3 Å². The topological polar surface area (TPSA) is 257 Å².